The molecule has 0 saturated heterocycles. The van der Waals surface area contributed by atoms with Crippen molar-refractivity contribution in [2.75, 3.05) is 7.11 Å². The highest BCUT2D eigenvalue weighted by Gasteiger charge is 2.29. The maximum absolute atomic E-state index is 11.1. The first-order valence-corrected chi connectivity index (χ1v) is 6.82. The maximum Gasteiger partial charge on any atom is 0.122 e. The SMILES string of the molecule is COc1cc(C)c(C(C)(O)c2ccccc2C)cc1C. The summed E-state index contributed by atoms with van der Waals surface area (Å²) >= 11 is 0. The highest BCUT2D eigenvalue weighted by atomic mass is 16.5. The quantitative estimate of drug-likeness (QED) is 0.917. The molecular weight excluding hydrogens is 248 g/mol. The second-order valence-corrected chi connectivity index (χ2v) is 5.52. The summed E-state index contributed by atoms with van der Waals surface area (Å²) in [5.41, 5.74) is 4.00. The normalized spacial score (nSPS) is 13.9. The van der Waals surface area contributed by atoms with Crippen LogP contribution in [0.15, 0.2) is 36.4 Å². The number of aryl methyl sites for hydroxylation is 3. The number of ether oxygens (including phenoxy) is 1. The molecule has 0 radical (unpaired) electrons. The minimum absolute atomic E-state index is 0.854. The molecule has 0 amide bonds. The minimum Gasteiger partial charge on any atom is -0.496 e. The molecule has 0 spiro atoms. The Labute approximate surface area is 121 Å². The molecule has 0 aliphatic heterocycles. The van der Waals surface area contributed by atoms with E-state index in [1.165, 1.54) is 0 Å². The third-order valence-corrected chi connectivity index (χ3v) is 3.94. The molecule has 106 valence electrons. The van der Waals surface area contributed by atoms with E-state index in [0.29, 0.717) is 0 Å². The third kappa shape index (κ3) is 2.44. The molecule has 2 heteroatoms. The van der Waals surface area contributed by atoms with Gasteiger partial charge in [-0.15, -0.1) is 0 Å². The summed E-state index contributed by atoms with van der Waals surface area (Å²) in [5, 5.41) is 11.1. The number of benzene rings is 2. The Balaban J connectivity index is 2.61. The topological polar surface area (TPSA) is 29.5 Å². The van der Waals surface area contributed by atoms with Crippen molar-refractivity contribution < 1.29 is 9.84 Å². The second kappa shape index (κ2) is 5.29. The Morgan fingerprint density at radius 1 is 0.900 bits per heavy atom. The van der Waals surface area contributed by atoms with Crippen molar-refractivity contribution in [3.05, 3.63) is 64.2 Å². The molecule has 0 heterocycles. The van der Waals surface area contributed by atoms with Gasteiger partial charge in [0.1, 0.15) is 11.4 Å². The molecule has 2 nitrogen and oxygen atoms in total. The van der Waals surface area contributed by atoms with Gasteiger partial charge in [0.15, 0.2) is 0 Å². The largest absolute Gasteiger partial charge is 0.496 e. The molecule has 2 rings (SSSR count). The fraction of sp³-hybridized carbons (Fsp3) is 0.333. The van der Waals surface area contributed by atoms with Crippen LogP contribution in [-0.2, 0) is 5.60 Å². The molecule has 1 unspecified atom stereocenters. The average Bonchev–Trinajstić information content (AvgIpc) is 2.41. The van der Waals surface area contributed by atoms with Gasteiger partial charge in [0.2, 0.25) is 0 Å². The van der Waals surface area contributed by atoms with Gasteiger partial charge in [0.25, 0.3) is 0 Å². The van der Waals surface area contributed by atoms with E-state index >= 15 is 0 Å². The molecule has 1 N–H and O–H groups in total. The van der Waals surface area contributed by atoms with Crippen molar-refractivity contribution in [2.24, 2.45) is 0 Å². The van der Waals surface area contributed by atoms with Crippen molar-refractivity contribution in [1.82, 2.24) is 0 Å². The van der Waals surface area contributed by atoms with Crippen LogP contribution in [0.25, 0.3) is 0 Å². The lowest BCUT2D eigenvalue weighted by atomic mass is 9.82. The molecular formula is C18H22O2. The van der Waals surface area contributed by atoms with Crippen molar-refractivity contribution in [3.63, 3.8) is 0 Å². The van der Waals surface area contributed by atoms with Crippen LogP contribution in [-0.4, -0.2) is 12.2 Å². The van der Waals surface area contributed by atoms with E-state index in [4.69, 9.17) is 4.74 Å². The molecule has 0 saturated carbocycles. The van der Waals surface area contributed by atoms with Crippen LogP contribution >= 0.6 is 0 Å². The summed E-state index contributed by atoms with van der Waals surface area (Å²) in [7, 11) is 1.67. The van der Waals surface area contributed by atoms with Crippen molar-refractivity contribution in [3.8, 4) is 5.75 Å². The summed E-state index contributed by atoms with van der Waals surface area (Å²) < 4.78 is 5.34. The lowest BCUT2D eigenvalue weighted by molar-refractivity contribution is 0.101. The Hall–Kier alpha value is -1.80. The summed E-state index contributed by atoms with van der Waals surface area (Å²) in [6.45, 7) is 7.87. The third-order valence-electron chi connectivity index (χ3n) is 3.94. The van der Waals surface area contributed by atoms with E-state index in [-0.39, 0.29) is 0 Å². The van der Waals surface area contributed by atoms with Crippen LogP contribution in [0.4, 0.5) is 0 Å². The Bertz CT molecular complexity index is 627. The summed E-state index contributed by atoms with van der Waals surface area (Å²) in [5.74, 6) is 0.854. The minimum atomic E-state index is -1.01. The van der Waals surface area contributed by atoms with E-state index in [1.807, 2.05) is 64.1 Å². The monoisotopic (exact) mass is 270 g/mol. The van der Waals surface area contributed by atoms with Crippen LogP contribution in [0.3, 0.4) is 0 Å². The van der Waals surface area contributed by atoms with E-state index in [2.05, 4.69) is 0 Å². The van der Waals surface area contributed by atoms with Gasteiger partial charge < -0.3 is 9.84 Å². The standard InChI is InChI=1S/C18H22O2/c1-12-8-6-7-9-15(12)18(4,19)16-10-14(3)17(20-5)11-13(16)2/h6-11,19H,1-5H3. The van der Waals surface area contributed by atoms with Crippen molar-refractivity contribution in [2.45, 2.75) is 33.3 Å². The van der Waals surface area contributed by atoms with E-state index in [0.717, 1.165) is 33.6 Å². The lowest BCUT2D eigenvalue weighted by Crippen LogP contribution is -2.25. The molecule has 0 fully saturated rings. The highest BCUT2D eigenvalue weighted by molar-refractivity contribution is 5.48. The van der Waals surface area contributed by atoms with Crippen LogP contribution < -0.4 is 4.74 Å². The van der Waals surface area contributed by atoms with Gasteiger partial charge in [0, 0.05) is 0 Å². The van der Waals surface area contributed by atoms with Gasteiger partial charge in [-0.25, -0.2) is 0 Å². The number of hydrogen-bond donors (Lipinski definition) is 1. The fourth-order valence-corrected chi connectivity index (χ4v) is 2.80. The molecule has 0 aliphatic rings. The zero-order valence-corrected chi connectivity index (χ0v) is 12.8. The van der Waals surface area contributed by atoms with Crippen LogP contribution in [0.1, 0.15) is 34.7 Å². The van der Waals surface area contributed by atoms with Crippen LogP contribution in [0.2, 0.25) is 0 Å². The zero-order chi connectivity index (χ0) is 14.9. The van der Waals surface area contributed by atoms with Crippen LogP contribution in [0, 0.1) is 20.8 Å². The fourth-order valence-electron chi connectivity index (χ4n) is 2.80. The summed E-state index contributed by atoms with van der Waals surface area (Å²) in [4.78, 5) is 0. The van der Waals surface area contributed by atoms with Gasteiger partial charge in [-0.05, 0) is 67.6 Å². The molecule has 0 bridgehead atoms. The van der Waals surface area contributed by atoms with Gasteiger partial charge in [-0.3, -0.25) is 0 Å². The number of aliphatic hydroxyl groups is 1. The number of hydrogen-bond acceptors (Lipinski definition) is 2. The lowest BCUT2D eigenvalue weighted by Gasteiger charge is -2.28. The smallest absolute Gasteiger partial charge is 0.122 e. The van der Waals surface area contributed by atoms with E-state index in [9.17, 15) is 5.11 Å². The maximum atomic E-state index is 11.1. The molecule has 0 aromatic heterocycles. The summed E-state index contributed by atoms with van der Waals surface area (Å²) in [6.07, 6.45) is 0. The Morgan fingerprint density at radius 2 is 1.55 bits per heavy atom. The number of rotatable bonds is 3. The van der Waals surface area contributed by atoms with Crippen molar-refractivity contribution >= 4 is 0 Å². The Kier molecular flexibility index (Phi) is 3.87. The molecule has 2 aromatic rings. The number of methoxy groups -OCH3 is 1. The predicted octanol–water partition coefficient (Wildman–Crippen LogP) is 3.88. The molecule has 0 aliphatic carbocycles. The van der Waals surface area contributed by atoms with E-state index in [1.54, 1.807) is 7.11 Å². The van der Waals surface area contributed by atoms with Crippen LogP contribution in [0.5, 0.6) is 5.75 Å². The van der Waals surface area contributed by atoms with Gasteiger partial charge >= 0.3 is 0 Å². The second-order valence-electron chi connectivity index (χ2n) is 5.52. The molecule has 20 heavy (non-hydrogen) atoms. The van der Waals surface area contributed by atoms with Crippen molar-refractivity contribution in [1.29, 1.82) is 0 Å². The first-order chi connectivity index (χ1) is 9.37. The average molecular weight is 270 g/mol. The first-order valence-electron chi connectivity index (χ1n) is 6.82. The zero-order valence-electron chi connectivity index (χ0n) is 12.8. The van der Waals surface area contributed by atoms with Gasteiger partial charge in [-0.1, -0.05) is 24.3 Å². The Morgan fingerprint density at radius 3 is 2.15 bits per heavy atom. The summed E-state index contributed by atoms with van der Waals surface area (Å²) in [6, 6.07) is 11.9. The highest BCUT2D eigenvalue weighted by Crippen LogP contribution is 2.35. The van der Waals surface area contributed by atoms with E-state index < -0.39 is 5.60 Å². The molecule has 1 atom stereocenters. The van der Waals surface area contributed by atoms with Gasteiger partial charge in [-0.2, -0.15) is 0 Å². The first kappa shape index (κ1) is 14.6. The predicted molar refractivity (Wildman–Crippen MR) is 82.3 cm³/mol. The molecule has 2 aromatic carbocycles. The van der Waals surface area contributed by atoms with Gasteiger partial charge in [0.05, 0.1) is 7.11 Å².